The minimum Gasteiger partial charge on any atom is -0.240 e. The van der Waals surface area contributed by atoms with Crippen molar-refractivity contribution in [1.29, 1.82) is 0 Å². The van der Waals surface area contributed by atoms with Crippen molar-refractivity contribution in [3.05, 3.63) is 22.7 Å². The second-order valence-electron chi connectivity index (χ2n) is 2.29. The van der Waals surface area contributed by atoms with Gasteiger partial charge >= 0.3 is 0 Å². The van der Waals surface area contributed by atoms with Crippen LogP contribution in [0.1, 0.15) is 25.2 Å². The zero-order valence-corrected chi connectivity index (χ0v) is 7.52. The zero-order chi connectivity index (χ0) is 8.27. The van der Waals surface area contributed by atoms with E-state index >= 15 is 0 Å². The highest BCUT2D eigenvalue weighted by Crippen LogP contribution is 2.17. The molecule has 3 heteroatoms. The van der Waals surface area contributed by atoms with E-state index < -0.39 is 0 Å². The lowest BCUT2D eigenvalue weighted by molar-refractivity contribution is 0.936. The van der Waals surface area contributed by atoms with Crippen LogP contribution in [0.3, 0.4) is 0 Å². The van der Waals surface area contributed by atoms with Gasteiger partial charge in [0.2, 0.25) is 0 Å². The van der Waals surface area contributed by atoms with Crippen LogP contribution >= 0.6 is 11.6 Å². The Morgan fingerprint density at radius 2 is 1.64 bits per heavy atom. The lowest BCUT2D eigenvalue weighted by Gasteiger charge is -2.02. The Morgan fingerprint density at radius 3 is 2.00 bits per heavy atom. The molecule has 0 fully saturated rings. The molecule has 0 aliphatic heterocycles. The smallest absolute Gasteiger partial charge is 0.116 e. The van der Waals surface area contributed by atoms with E-state index in [1.54, 1.807) is 6.33 Å². The molecule has 0 spiro atoms. The number of rotatable bonds is 2. The monoisotopic (exact) mass is 170 g/mol. The number of aryl methyl sites for hydroxylation is 2. The molecule has 0 saturated carbocycles. The van der Waals surface area contributed by atoms with Gasteiger partial charge in [-0.25, -0.2) is 9.97 Å². The second kappa shape index (κ2) is 3.67. The molecule has 0 amide bonds. The average molecular weight is 171 g/mol. The minimum absolute atomic E-state index is 0.734. The lowest BCUT2D eigenvalue weighted by atomic mass is 10.2. The fourth-order valence-corrected chi connectivity index (χ4v) is 1.31. The van der Waals surface area contributed by atoms with Crippen molar-refractivity contribution in [2.75, 3.05) is 0 Å². The van der Waals surface area contributed by atoms with E-state index in [9.17, 15) is 0 Å². The molecular formula is C8H11ClN2. The normalized spacial score (nSPS) is 10.1. The summed E-state index contributed by atoms with van der Waals surface area (Å²) in [4.78, 5) is 8.12. The number of hydrogen-bond acceptors (Lipinski definition) is 2. The van der Waals surface area contributed by atoms with Crippen LogP contribution in [-0.4, -0.2) is 9.97 Å². The predicted octanol–water partition coefficient (Wildman–Crippen LogP) is 2.25. The third kappa shape index (κ3) is 1.69. The van der Waals surface area contributed by atoms with Crippen LogP contribution < -0.4 is 0 Å². The van der Waals surface area contributed by atoms with Crippen molar-refractivity contribution >= 4 is 11.6 Å². The molecule has 0 aromatic carbocycles. The first-order valence-electron chi connectivity index (χ1n) is 3.77. The lowest BCUT2D eigenvalue weighted by Crippen LogP contribution is -1.96. The summed E-state index contributed by atoms with van der Waals surface area (Å²) in [6.45, 7) is 4.07. The van der Waals surface area contributed by atoms with Gasteiger partial charge in [0.05, 0.1) is 16.4 Å². The summed E-state index contributed by atoms with van der Waals surface area (Å²) in [5, 5.41) is 0.734. The molecule has 0 bridgehead atoms. The Morgan fingerprint density at radius 1 is 1.18 bits per heavy atom. The maximum Gasteiger partial charge on any atom is 0.116 e. The van der Waals surface area contributed by atoms with Crippen LogP contribution in [0.15, 0.2) is 6.33 Å². The molecule has 1 heterocycles. The first kappa shape index (κ1) is 8.47. The number of aromatic nitrogens is 2. The molecule has 1 aromatic heterocycles. The molecule has 0 radical (unpaired) electrons. The highest BCUT2D eigenvalue weighted by Gasteiger charge is 2.04. The molecule has 0 aliphatic carbocycles. The van der Waals surface area contributed by atoms with Crippen molar-refractivity contribution in [3.8, 4) is 0 Å². The molecule has 60 valence electrons. The van der Waals surface area contributed by atoms with Gasteiger partial charge in [0.1, 0.15) is 6.33 Å². The third-order valence-electron chi connectivity index (χ3n) is 1.60. The van der Waals surface area contributed by atoms with E-state index in [4.69, 9.17) is 11.6 Å². The molecule has 11 heavy (non-hydrogen) atoms. The van der Waals surface area contributed by atoms with Crippen molar-refractivity contribution in [2.24, 2.45) is 0 Å². The molecule has 0 unspecified atom stereocenters. The molecular weight excluding hydrogens is 160 g/mol. The van der Waals surface area contributed by atoms with E-state index in [2.05, 4.69) is 9.97 Å². The van der Waals surface area contributed by atoms with E-state index in [1.807, 2.05) is 13.8 Å². The molecule has 2 nitrogen and oxygen atoms in total. The van der Waals surface area contributed by atoms with Gasteiger partial charge < -0.3 is 0 Å². The van der Waals surface area contributed by atoms with Crippen LogP contribution in [0.5, 0.6) is 0 Å². The maximum absolute atomic E-state index is 5.98. The van der Waals surface area contributed by atoms with E-state index in [1.165, 1.54) is 0 Å². The second-order valence-corrected chi connectivity index (χ2v) is 2.67. The van der Waals surface area contributed by atoms with Crippen molar-refractivity contribution in [1.82, 2.24) is 9.97 Å². The summed E-state index contributed by atoms with van der Waals surface area (Å²) in [5.41, 5.74) is 1.89. The highest BCUT2D eigenvalue weighted by molar-refractivity contribution is 6.31. The van der Waals surface area contributed by atoms with Crippen LogP contribution in [0, 0.1) is 0 Å². The van der Waals surface area contributed by atoms with E-state index in [0.29, 0.717) is 0 Å². The average Bonchev–Trinajstić information content (AvgIpc) is 2.05. The topological polar surface area (TPSA) is 25.8 Å². The summed E-state index contributed by atoms with van der Waals surface area (Å²) in [5.74, 6) is 0. The van der Waals surface area contributed by atoms with Gasteiger partial charge in [-0.05, 0) is 12.8 Å². The van der Waals surface area contributed by atoms with Crippen LogP contribution in [0.25, 0.3) is 0 Å². The first-order chi connectivity index (χ1) is 5.29. The minimum atomic E-state index is 0.734. The third-order valence-corrected chi connectivity index (χ3v) is 2.04. The standard InChI is InChI=1S/C8H11ClN2/c1-3-6-8(9)7(4-2)11-5-10-6/h5H,3-4H2,1-2H3. The van der Waals surface area contributed by atoms with Crippen molar-refractivity contribution < 1.29 is 0 Å². The van der Waals surface area contributed by atoms with Gasteiger partial charge in [-0.1, -0.05) is 25.4 Å². The Hall–Kier alpha value is -0.630. The van der Waals surface area contributed by atoms with E-state index in [0.717, 1.165) is 29.3 Å². The Kier molecular flexibility index (Phi) is 2.83. The predicted molar refractivity (Wildman–Crippen MR) is 45.8 cm³/mol. The Balaban J connectivity index is 3.10. The summed E-state index contributed by atoms with van der Waals surface area (Å²) in [6.07, 6.45) is 3.31. The van der Waals surface area contributed by atoms with Gasteiger partial charge in [-0.3, -0.25) is 0 Å². The zero-order valence-electron chi connectivity index (χ0n) is 6.76. The fraction of sp³-hybridized carbons (Fsp3) is 0.500. The summed E-state index contributed by atoms with van der Waals surface area (Å²) >= 11 is 5.98. The number of halogens is 1. The van der Waals surface area contributed by atoms with E-state index in [-0.39, 0.29) is 0 Å². The van der Waals surface area contributed by atoms with Crippen LogP contribution in [0.4, 0.5) is 0 Å². The highest BCUT2D eigenvalue weighted by atomic mass is 35.5. The van der Waals surface area contributed by atoms with Crippen LogP contribution in [-0.2, 0) is 12.8 Å². The van der Waals surface area contributed by atoms with Gasteiger partial charge in [0.15, 0.2) is 0 Å². The molecule has 0 saturated heterocycles. The fourth-order valence-electron chi connectivity index (χ4n) is 0.941. The van der Waals surface area contributed by atoms with Gasteiger partial charge in [0.25, 0.3) is 0 Å². The Bertz CT molecular complexity index is 226. The van der Waals surface area contributed by atoms with Crippen molar-refractivity contribution in [3.63, 3.8) is 0 Å². The first-order valence-corrected chi connectivity index (χ1v) is 4.15. The maximum atomic E-state index is 5.98. The molecule has 1 rings (SSSR count). The van der Waals surface area contributed by atoms with Crippen LogP contribution in [0.2, 0.25) is 5.02 Å². The molecule has 0 atom stereocenters. The van der Waals surface area contributed by atoms with Gasteiger partial charge in [-0.15, -0.1) is 0 Å². The molecule has 1 aromatic rings. The summed E-state index contributed by atoms with van der Waals surface area (Å²) in [7, 11) is 0. The summed E-state index contributed by atoms with van der Waals surface area (Å²) in [6, 6.07) is 0. The SMILES string of the molecule is CCc1ncnc(CC)c1Cl. The quantitative estimate of drug-likeness (QED) is 0.681. The number of nitrogens with zero attached hydrogens (tertiary/aromatic N) is 2. The number of hydrogen-bond donors (Lipinski definition) is 0. The van der Waals surface area contributed by atoms with Gasteiger partial charge in [0, 0.05) is 0 Å². The largest absolute Gasteiger partial charge is 0.240 e. The molecule has 0 aliphatic rings. The Labute approximate surface area is 71.6 Å². The van der Waals surface area contributed by atoms with Crippen molar-refractivity contribution in [2.45, 2.75) is 26.7 Å². The molecule has 0 N–H and O–H groups in total. The summed E-state index contributed by atoms with van der Waals surface area (Å²) < 4.78 is 0. The van der Waals surface area contributed by atoms with Gasteiger partial charge in [-0.2, -0.15) is 0 Å².